The van der Waals surface area contributed by atoms with Crippen LogP contribution >= 0.6 is 0 Å². The fourth-order valence-electron chi connectivity index (χ4n) is 2.85. The zero-order chi connectivity index (χ0) is 20.3. The van der Waals surface area contributed by atoms with Crippen molar-refractivity contribution in [2.24, 2.45) is 0 Å². The molecule has 0 spiro atoms. The van der Waals surface area contributed by atoms with Gasteiger partial charge in [0.05, 0.1) is 12.1 Å². The van der Waals surface area contributed by atoms with Crippen molar-refractivity contribution in [1.82, 2.24) is 30.0 Å². The third-order valence-electron chi connectivity index (χ3n) is 4.63. The van der Waals surface area contributed by atoms with E-state index < -0.39 is 11.7 Å². The number of aromatic nitrogens is 4. The number of alkyl halides is 3. The zero-order valence-electron chi connectivity index (χ0n) is 15.6. The molecule has 1 aliphatic heterocycles. The highest BCUT2D eigenvalue weighted by atomic mass is 19.4. The van der Waals surface area contributed by atoms with Gasteiger partial charge in [-0.3, -0.25) is 9.48 Å². The summed E-state index contributed by atoms with van der Waals surface area (Å²) in [5.74, 6) is 0.0641. The number of carbonyl (C=O) groups excluding carboxylic acids is 1. The van der Waals surface area contributed by atoms with Crippen LogP contribution in [0.5, 0.6) is 0 Å². The molecule has 2 aromatic heterocycles. The van der Waals surface area contributed by atoms with Gasteiger partial charge in [0.25, 0.3) is 5.91 Å². The molecule has 1 N–H and O–H groups in total. The van der Waals surface area contributed by atoms with E-state index in [1.807, 2.05) is 14.0 Å². The number of amides is 1. The standard InChI is InChI=1S/C17H22F3N7O/c1-12(21-2)11-27-4-3-14(24-27)15(28)25-5-7-26(8-6-25)16-22-9-13(10-23-16)17(18,19)20/h3-4,9-10,12,21H,5-8,11H2,1-2H3/t12-/m0/s1. The van der Waals surface area contributed by atoms with Crippen molar-refractivity contribution >= 4 is 11.9 Å². The Labute approximate surface area is 160 Å². The molecule has 0 radical (unpaired) electrons. The Morgan fingerprint density at radius 3 is 2.43 bits per heavy atom. The van der Waals surface area contributed by atoms with E-state index in [9.17, 15) is 18.0 Å². The second-order valence-corrected chi connectivity index (χ2v) is 6.66. The third kappa shape index (κ3) is 4.58. The summed E-state index contributed by atoms with van der Waals surface area (Å²) in [4.78, 5) is 23.7. The van der Waals surface area contributed by atoms with Crippen molar-refractivity contribution in [2.45, 2.75) is 25.7 Å². The number of hydrogen-bond donors (Lipinski definition) is 1. The van der Waals surface area contributed by atoms with E-state index in [1.54, 1.807) is 26.7 Å². The highest BCUT2D eigenvalue weighted by Gasteiger charge is 2.32. The number of piperazine rings is 1. The first-order valence-electron chi connectivity index (χ1n) is 8.92. The van der Waals surface area contributed by atoms with Gasteiger partial charge in [-0.05, 0) is 20.0 Å². The second kappa shape index (κ2) is 8.13. The first-order chi connectivity index (χ1) is 13.3. The Morgan fingerprint density at radius 2 is 1.86 bits per heavy atom. The van der Waals surface area contributed by atoms with E-state index in [0.717, 1.165) is 12.4 Å². The number of nitrogens with one attached hydrogen (secondary N) is 1. The van der Waals surface area contributed by atoms with Crippen LogP contribution in [-0.4, -0.2) is 69.8 Å². The second-order valence-electron chi connectivity index (χ2n) is 6.66. The Hall–Kier alpha value is -2.69. The lowest BCUT2D eigenvalue weighted by molar-refractivity contribution is -0.138. The summed E-state index contributed by atoms with van der Waals surface area (Å²) in [6.07, 6.45) is -1.14. The van der Waals surface area contributed by atoms with E-state index >= 15 is 0 Å². The highest BCUT2D eigenvalue weighted by molar-refractivity contribution is 5.92. The molecule has 3 rings (SSSR count). The van der Waals surface area contributed by atoms with Crippen LogP contribution in [0.4, 0.5) is 19.1 Å². The number of rotatable bonds is 5. The van der Waals surface area contributed by atoms with Crippen LogP contribution in [0.25, 0.3) is 0 Å². The lowest BCUT2D eigenvalue weighted by Crippen LogP contribution is -2.49. The molecule has 1 saturated heterocycles. The van der Waals surface area contributed by atoms with Crippen molar-refractivity contribution in [3.63, 3.8) is 0 Å². The van der Waals surface area contributed by atoms with Crippen molar-refractivity contribution in [3.8, 4) is 0 Å². The normalized spacial score (nSPS) is 16.3. The fourth-order valence-corrected chi connectivity index (χ4v) is 2.85. The first kappa shape index (κ1) is 20.1. The predicted molar refractivity (Wildman–Crippen MR) is 95.9 cm³/mol. The van der Waals surface area contributed by atoms with Crippen molar-refractivity contribution < 1.29 is 18.0 Å². The Bertz CT molecular complexity index is 798. The maximum atomic E-state index is 12.6. The highest BCUT2D eigenvalue weighted by Crippen LogP contribution is 2.28. The van der Waals surface area contributed by atoms with Crippen LogP contribution in [0.3, 0.4) is 0 Å². The van der Waals surface area contributed by atoms with Crippen LogP contribution in [0.2, 0.25) is 0 Å². The minimum atomic E-state index is -4.46. The largest absolute Gasteiger partial charge is 0.419 e. The molecule has 0 aliphatic carbocycles. The number of likely N-dealkylation sites (N-methyl/N-ethyl adjacent to an activating group) is 1. The molecule has 0 aromatic carbocycles. The third-order valence-corrected chi connectivity index (χ3v) is 4.63. The molecular formula is C17H22F3N7O. The lowest BCUT2D eigenvalue weighted by Gasteiger charge is -2.34. The molecule has 152 valence electrons. The molecule has 1 amide bonds. The predicted octanol–water partition coefficient (Wildman–Crippen LogP) is 1.26. The van der Waals surface area contributed by atoms with Crippen LogP contribution in [-0.2, 0) is 12.7 Å². The van der Waals surface area contributed by atoms with E-state index in [-0.39, 0.29) is 17.9 Å². The van der Waals surface area contributed by atoms with E-state index in [4.69, 9.17) is 0 Å². The van der Waals surface area contributed by atoms with Gasteiger partial charge >= 0.3 is 6.18 Å². The average Bonchev–Trinajstić information content (AvgIpc) is 3.15. The number of hydrogen-bond acceptors (Lipinski definition) is 6. The average molecular weight is 397 g/mol. The number of nitrogens with zero attached hydrogens (tertiary/aromatic N) is 6. The molecule has 1 fully saturated rings. The van der Waals surface area contributed by atoms with Gasteiger partial charge in [0.2, 0.25) is 5.95 Å². The fraction of sp³-hybridized carbons (Fsp3) is 0.529. The van der Waals surface area contributed by atoms with Crippen molar-refractivity contribution in [2.75, 3.05) is 38.1 Å². The molecule has 11 heteroatoms. The lowest BCUT2D eigenvalue weighted by atomic mass is 10.3. The maximum absolute atomic E-state index is 12.6. The summed E-state index contributed by atoms with van der Waals surface area (Å²) in [6.45, 7) is 4.39. The Balaban J connectivity index is 1.57. The maximum Gasteiger partial charge on any atom is 0.419 e. The van der Waals surface area contributed by atoms with Gasteiger partial charge in [0.1, 0.15) is 5.69 Å². The molecule has 0 saturated carbocycles. The van der Waals surface area contributed by atoms with E-state index in [2.05, 4.69) is 20.4 Å². The molecule has 2 aromatic rings. The van der Waals surface area contributed by atoms with Gasteiger partial charge < -0.3 is 15.1 Å². The summed E-state index contributed by atoms with van der Waals surface area (Å²) >= 11 is 0. The van der Waals surface area contributed by atoms with Crippen LogP contribution in [0, 0.1) is 0 Å². The Morgan fingerprint density at radius 1 is 1.21 bits per heavy atom. The number of carbonyl (C=O) groups is 1. The molecule has 0 bridgehead atoms. The van der Waals surface area contributed by atoms with Crippen molar-refractivity contribution in [3.05, 3.63) is 35.9 Å². The smallest absolute Gasteiger partial charge is 0.337 e. The first-order valence-corrected chi connectivity index (χ1v) is 8.92. The van der Waals surface area contributed by atoms with E-state index in [0.29, 0.717) is 38.4 Å². The molecule has 0 unspecified atom stereocenters. The van der Waals surface area contributed by atoms with Crippen LogP contribution in [0.15, 0.2) is 24.7 Å². The van der Waals surface area contributed by atoms with Gasteiger partial charge in [0.15, 0.2) is 0 Å². The molecule has 8 nitrogen and oxygen atoms in total. The van der Waals surface area contributed by atoms with Gasteiger partial charge in [-0.2, -0.15) is 18.3 Å². The molecular weight excluding hydrogens is 375 g/mol. The van der Waals surface area contributed by atoms with E-state index in [1.165, 1.54) is 0 Å². The summed E-state index contributed by atoms with van der Waals surface area (Å²) in [5, 5.41) is 7.44. The van der Waals surface area contributed by atoms with Crippen LogP contribution < -0.4 is 10.2 Å². The monoisotopic (exact) mass is 397 g/mol. The summed E-state index contributed by atoms with van der Waals surface area (Å²) in [6, 6.07) is 1.92. The molecule has 3 heterocycles. The van der Waals surface area contributed by atoms with Gasteiger partial charge in [-0.25, -0.2) is 9.97 Å². The Kier molecular flexibility index (Phi) is 5.82. The summed E-state index contributed by atoms with van der Waals surface area (Å²) in [5.41, 5.74) is -0.504. The minimum absolute atomic E-state index is 0.163. The van der Waals surface area contributed by atoms with Gasteiger partial charge in [-0.1, -0.05) is 0 Å². The quantitative estimate of drug-likeness (QED) is 0.819. The molecule has 1 aliphatic rings. The molecule has 28 heavy (non-hydrogen) atoms. The minimum Gasteiger partial charge on any atom is -0.337 e. The summed E-state index contributed by atoms with van der Waals surface area (Å²) < 4.78 is 39.5. The topological polar surface area (TPSA) is 79.2 Å². The summed E-state index contributed by atoms with van der Waals surface area (Å²) in [7, 11) is 1.86. The molecule has 1 atom stereocenters. The SMILES string of the molecule is CN[C@@H](C)Cn1ccc(C(=O)N2CCN(c3ncc(C(F)(F)F)cn3)CC2)n1. The number of halogens is 3. The number of anilines is 1. The van der Waals surface area contributed by atoms with Crippen LogP contribution in [0.1, 0.15) is 23.0 Å². The van der Waals surface area contributed by atoms with Gasteiger partial charge in [-0.15, -0.1) is 0 Å². The van der Waals surface area contributed by atoms with Crippen molar-refractivity contribution in [1.29, 1.82) is 0 Å². The van der Waals surface area contributed by atoms with Gasteiger partial charge in [0, 0.05) is 50.8 Å². The zero-order valence-corrected chi connectivity index (χ0v) is 15.6.